The normalized spacial score (nSPS) is 24.8. The van der Waals surface area contributed by atoms with Gasteiger partial charge in [0.25, 0.3) is 0 Å². The van der Waals surface area contributed by atoms with Crippen molar-refractivity contribution < 1.29 is 4.79 Å². The van der Waals surface area contributed by atoms with Crippen LogP contribution in [0.2, 0.25) is 0 Å². The zero-order valence-corrected chi connectivity index (χ0v) is 10.9. The van der Waals surface area contributed by atoms with Gasteiger partial charge in [-0.2, -0.15) is 5.10 Å². The molecule has 0 aromatic carbocycles. The minimum atomic E-state index is 0.0844. The Kier molecular flexibility index (Phi) is 2.95. The molecule has 1 aromatic heterocycles. The quantitative estimate of drug-likeness (QED) is 0.814. The summed E-state index contributed by atoms with van der Waals surface area (Å²) < 4.78 is 1.87. The third-order valence-electron chi connectivity index (χ3n) is 3.86. The van der Waals surface area contributed by atoms with E-state index in [2.05, 4.69) is 5.10 Å². The van der Waals surface area contributed by atoms with Crippen LogP contribution in [-0.2, 0) is 11.8 Å². The summed E-state index contributed by atoms with van der Waals surface area (Å²) in [6.07, 6.45) is 0.547. The maximum atomic E-state index is 11.8. The van der Waals surface area contributed by atoms with Crippen LogP contribution in [0.1, 0.15) is 29.4 Å². The molecule has 5 heteroatoms. The Morgan fingerprint density at radius 2 is 2.06 bits per heavy atom. The molecular formula is C12H20N4O. The predicted octanol–water partition coefficient (Wildman–Crippen LogP) is 0.515. The second-order valence-electron chi connectivity index (χ2n) is 4.86. The van der Waals surface area contributed by atoms with Crippen molar-refractivity contribution in [3.8, 4) is 0 Å². The Bertz CT molecular complexity index is 452. The summed E-state index contributed by atoms with van der Waals surface area (Å²) in [4.78, 5) is 13.6. The van der Waals surface area contributed by atoms with Crippen molar-refractivity contribution in [3.63, 3.8) is 0 Å². The lowest BCUT2D eigenvalue weighted by molar-refractivity contribution is -0.127. The van der Waals surface area contributed by atoms with Crippen molar-refractivity contribution in [2.75, 3.05) is 13.6 Å². The molecule has 2 atom stereocenters. The van der Waals surface area contributed by atoms with Gasteiger partial charge in [-0.25, -0.2) is 0 Å². The molecule has 1 amide bonds. The molecular weight excluding hydrogens is 216 g/mol. The fourth-order valence-corrected chi connectivity index (χ4v) is 2.81. The number of amides is 1. The van der Waals surface area contributed by atoms with Crippen LogP contribution in [0.4, 0.5) is 0 Å². The highest BCUT2D eigenvalue weighted by Gasteiger charge is 2.40. The van der Waals surface area contributed by atoms with E-state index in [1.165, 1.54) is 0 Å². The molecule has 94 valence electrons. The highest BCUT2D eigenvalue weighted by Crippen LogP contribution is 2.38. The van der Waals surface area contributed by atoms with E-state index in [0.29, 0.717) is 13.0 Å². The van der Waals surface area contributed by atoms with E-state index >= 15 is 0 Å². The Labute approximate surface area is 102 Å². The number of hydrogen-bond donors (Lipinski definition) is 1. The average Bonchev–Trinajstić information content (AvgIpc) is 2.69. The van der Waals surface area contributed by atoms with Crippen molar-refractivity contribution in [2.45, 2.75) is 26.3 Å². The minimum absolute atomic E-state index is 0.0844. The molecule has 0 spiro atoms. The predicted molar refractivity (Wildman–Crippen MR) is 65.4 cm³/mol. The van der Waals surface area contributed by atoms with Gasteiger partial charge in [0.2, 0.25) is 5.91 Å². The van der Waals surface area contributed by atoms with Crippen molar-refractivity contribution >= 4 is 5.91 Å². The minimum Gasteiger partial charge on any atom is -0.338 e. The molecule has 2 heterocycles. The molecule has 1 aliphatic heterocycles. The Hall–Kier alpha value is -1.36. The van der Waals surface area contributed by atoms with Crippen LogP contribution in [-0.4, -0.2) is 34.2 Å². The van der Waals surface area contributed by atoms with E-state index < -0.39 is 0 Å². The number of nitrogens with zero attached hydrogens (tertiary/aromatic N) is 3. The van der Waals surface area contributed by atoms with Gasteiger partial charge < -0.3 is 10.6 Å². The number of carbonyl (C=O) groups is 1. The Morgan fingerprint density at radius 1 is 1.41 bits per heavy atom. The molecule has 2 unspecified atom stereocenters. The molecule has 0 aliphatic carbocycles. The number of hydrogen-bond acceptors (Lipinski definition) is 3. The third kappa shape index (κ3) is 1.74. The average molecular weight is 236 g/mol. The van der Waals surface area contributed by atoms with Crippen molar-refractivity contribution in [2.24, 2.45) is 18.7 Å². The van der Waals surface area contributed by atoms with Crippen LogP contribution in [0, 0.1) is 19.8 Å². The second kappa shape index (κ2) is 4.14. The fourth-order valence-electron chi connectivity index (χ4n) is 2.81. The Balaban J connectivity index is 2.47. The summed E-state index contributed by atoms with van der Waals surface area (Å²) >= 11 is 0. The number of rotatable bonds is 2. The number of aryl methyl sites for hydroxylation is 2. The van der Waals surface area contributed by atoms with Crippen LogP contribution < -0.4 is 5.73 Å². The highest BCUT2D eigenvalue weighted by molar-refractivity contribution is 5.79. The first-order chi connectivity index (χ1) is 7.97. The molecule has 1 saturated heterocycles. The van der Waals surface area contributed by atoms with Crippen LogP contribution in [0.25, 0.3) is 0 Å². The Morgan fingerprint density at radius 3 is 2.53 bits per heavy atom. The zero-order valence-electron chi connectivity index (χ0n) is 10.9. The van der Waals surface area contributed by atoms with Gasteiger partial charge in [-0.15, -0.1) is 0 Å². The van der Waals surface area contributed by atoms with E-state index in [9.17, 15) is 4.79 Å². The summed E-state index contributed by atoms with van der Waals surface area (Å²) in [7, 11) is 3.79. The van der Waals surface area contributed by atoms with E-state index in [-0.39, 0.29) is 17.9 Å². The van der Waals surface area contributed by atoms with Crippen LogP contribution in [0.5, 0.6) is 0 Å². The molecule has 17 heavy (non-hydrogen) atoms. The van der Waals surface area contributed by atoms with Gasteiger partial charge in [0.1, 0.15) is 0 Å². The zero-order chi connectivity index (χ0) is 12.7. The monoisotopic (exact) mass is 236 g/mol. The fraction of sp³-hybridized carbons (Fsp3) is 0.667. The van der Waals surface area contributed by atoms with Crippen molar-refractivity contribution in [1.82, 2.24) is 14.7 Å². The van der Waals surface area contributed by atoms with Gasteiger partial charge in [-0.3, -0.25) is 9.48 Å². The van der Waals surface area contributed by atoms with Crippen LogP contribution >= 0.6 is 0 Å². The number of likely N-dealkylation sites (tertiary alicyclic amines) is 1. The number of aromatic nitrogens is 2. The SMILES string of the molecule is Cc1nn(C)c(C)c1C1C(CN)CC(=O)N1C. The first-order valence-corrected chi connectivity index (χ1v) is 5.93. The summed E-state index contributed by atoms with van der Waals surface area (Å²) in [5.74, 6) is 0.377. The highest BCUT2D eigenvalue weighted by atomic mass is 16.2. The standard InChI is InChI=1S/C12H20N4O/c1-7-11(8(2)16(4)14-7)12-9(6-13)5-10(17)15(12)3/h9,12H,5-6,13H2,1-4H3. The van der Waals surface area contributed by atoms with Crippen LogP contribution in [0.3, 0.4) is 0 Å². The maximum absolute atomic E-state index is 11.8. The maximum Gasteiger partial charge on any atom is 0.223 e. The van der Waals surface area contributed by atoms with Gasteiger partial charge in [0.05, 0.1) is 11.7 Å². The molecule has 1 fully saturated rings. The molecule has 1 aromatic rings. The molecule has 0 radical (unpaired) electrons. The van der Waals surface area contributed by atoms with Crippen LogP contribution in [0.15, 0.2) is 0 Å². The van der Waals surface area contributed by atoms with Gasteiger partial charge in [-0.1, -0.05) is 0 Å². The van der Waals surface area contributed by atoms with E-state index in [1.807, 2.05) is 37.5 Å². The molecule has 5 nitrogen and oxygen atoms in total. The molecule has 2 rings (SSSR count). The lowest BCUT2D eigenvalue weighted by Gasteiger charge is -2.25. The lowest BCUT2D eigenvalue weighted by atomic mass is 9.92. The lowest BCUT2D eigenvalue weighted by Crippen LogP contribution is -2.27. The van der Waals surface area contributed by atoms with Gasteiger partial charge >= 0.3 is 0 Å². The topological polar surface area (TPSA) is 64.2 Å². The molecule has 1 aliphatic rings. The third-order valence-corrected chi connectivity index (χ3v) is 3.86. The smallest absolute Gasteiger partial charge is 0.223 e. The second-order valence-corrected chi connectivity index (χ2v) is 4.86. The molecule has 2 N–H and O–H groups in total. The molecule has 0 bridgehead atoms. The van der Waals surface area contributed by atoms with E-state index in [4.69, 9.17) is 5.73 Å². The summed E-state index contributed by atoms with van der Waals surface area (Å²) in [6.45, 7) is 4.57. The van der Waals surface area contributed by atoms with Crippen molar-refractivity contribution in [3.05, 3.63) is 17.0 Å². The van der Waals surface area contributed by atoms with Crippen molar-refractivity contribution in [1.29, 1.82) is 0 Å². The van der Waals surface area contributed by atoms with Gasteiger partial charge in [-0.05, 0) is 20.4 Å². The number of carbonyl (C=O) groups excluding carboxylic acids is 1. The summed E-state index contributed by atoms with van der Waals surface area (Å²) in [5, 5.41) is 4.42. The van der Waals surface area contributed by atoms with E-state index in [0.717, 1.165) is 17.0 Å². The molecule has 0 saturated carbocycles. The summed E-state index contributed by atoms with van der Waals surface area (Å²) in [5.41, 5.74) is 9.06. The van der Waals surface area contributed by atoms with E-state index in [1.54, 1.807) is 0 Å². The first kappa shape index (κ1) is 12.1. The number of nitrogens with two attached hydrogens (primary N) is 1. The first-order valence-electron chi connectivity index (χ1n) is 5.93. The largest absolute Gasteiger partial charge is 0.338 e. The van der Waals surface area contributed by atoms with Gasteiger partial charge in [0, 0.05) is 37.7 Å². The van der Waals surface area contributed by atoms with Gasteiger partial charge in [0.15, 0.2) is 0 Å². The summed E-state index contributed by atoms with van der Waals surface area (Å²) in [6, 6.07) is 0.0844.